The lowest BCUT2D eigenvalue weighted by atomic mass is 9.90. The predicted octanol–water partition coefficient (Wildman–Crippen LogP) is 1.75. The second-order valence-electron chi connectivity index (χ2n) is 6.69. The highest BCUT2D eigenvalue weighted by Crippen LogP contribution is 2.32. The Balaban J connectivity index is 1.50. The molecule has 1 spiro atoms. The van der Waals surface area contributed by atoms with Gasteiger partial charge in [-0.2, -0.15) is 0 Å². The van der Waals surface area contributed by atoms with Crippen LogP contribution in [0.5, 0.6) is 0 Å². The molecule has 0 aromatic carbocycles. The van der Waals surface area contributed by atoms with Crippen LogP contribution in [0, 0.1) is 6.92 Å². The van der Waals surface area contributed by atoms with Gasteiger partial charge in [-0.1, -0.05) is 11.3 Å². The van der Waals surface area contributed by atoms with E-state index in [1.54, 1.807) is 23.0 Å². The van der Waals surface area contributed by atoms with Crippen molar-refractivity contribution in [3.05, 3.63) is 35.1 Å². The number of pyridine rings is 1. The smallest absolute Gasteiger partial charge is 0.255 e. The molecule has 0 radical (unpaired) electrons. The van der Waals surface area contributed by atoms with Crippen LogP contribution in [0.1, 0.15) is 28.9 Å². The highest BCUT2D eigenvalue weighted by Gasteiger charge is 2.42. The lowest BCUT2D eigenvalue weighted by Crippen LogP contribution is -2.60. The molecule has 1 unspecified atom stereocenters. The average molecular weight is 359 g/mol. The largest absolute Gasteiger partial charge is 0.369 e. The third-order valence-electron chi connectivity index (χ3n) is 4.85. The second-order valence-corrected chi connectivity index (χ2v) is 7.50. The quantitative estimate of drug-likeness (QED) is 0.814. The number of carbonyl (C=O) groups excluding carboxylic acids is 1. The molecular weight excluding hydrogens is 338 g/mol. The molecule has 0 bridgehead atoms. The van der Waals surface area contributed by atoms with Gasteiger partial charge in [0, 0.05) is 25.0 Å². The molecular formula is C17H21N5O2S. The van der Waals surface area contributed by atoms with Gasteiger partial charge in [0.2, 0.25) is 5.13 Å². The van der Waals surface area contributed by atoms with Crippen molar-refractivity contribution in [3.63, 3.8) is 0 Å². The Morgan fingerprint density at radius 3 is 3.00 bits per heavy atom. The van der Waals surface area contributed by atoms with Gasteiger partial charge in [-0.25, -0.2) is 0 Å². The maximum atomic E-state index is 12.8. The first-order valence-electron chi connectivity index (χ1n) is 8.52. The minimum Gasteiger partial charge on any atom is -0.369 e. The Bertz CT molecular complexity index is 732. The van der Waals surface area contributed by atoms with Gasteiger partial charge in [0.1, 0.15) is 11.1 Å². The molecule has 2 aliphatic heterocycles. The molecule has 0 saturated carbocycles. The summed E-state index contributed by atoms with van der Waals surface area (Å²) in [5.74, 6) is 0.0308. The summed E-state index contributed by atoms with van der Waals surface area (Å²) in [6.45, 7) is 5.41. The number of aromatic nitrogens is 3. The number of morpholine rings is 1. The van der Waals surface area contributed by atoms with Crippen molar-refractivity contribution in [1.82, 2.24) is 20.1 Å². The number of hydrogen-bond donors (Lipinski definition) is 0. The van der Waals surface area contributed by atoms with Gasteiger partial charge in [0.05, 0.1) is 25.3 Å². The van der Waals surface area contributed by atoms with E-state index in [4.69, 9.17) is 4.74 Å². The number of rotatable bonds is 2. The Morgan fingerprint density at radius 2 is 2.24 bits per heavy atom. The van der Waals surface area contributed by atoms with E-state index in [9.17, 15) is 4.79 Å². The molecule has 0 aliphatic carbocycles. The van der Waals surface area contributed by atoms with Crippen LogP contribution in [0.3, 0.4) is 0 Å². The van der Waals surface area contributed by atoms with E-state index in [-0.39, 0.29) is 11.5 Å². The molecule has 1 atom stereocenters. The van der Waals surface area contributed by atoms with Crippen molar-refractivity contribution in [1.29, 1.82) is 0 Å². The maximum absolute atomic E-state index is 12.8. The van der Waals surface area contributed by atoms with E-state index in [0.717, 1.165) is 36.8 Å². The summed E-state index contributed by atoms with van der Waals surface area (Å²) in [5.41, 5.74) is 2.98. The molecule has 1 amide bonds. The van der Waals surface area contributed by atoms with E-state index in [1.807, 2.05) is 24.0 Å². The molecule has 4 rings (SSSR count). The summed E-state index contributed by atoms with van der Waals surface area (Å²) in [4.78, 5) is 21.2. The number of nitrogens with zero attached hydrogens (tertiary/aromatic N) is 5. The second kappa shape index (κ2) is 6.68. The number of carbonyl (C=O) groups is 1. The number of hydrogen-bond acceptors (Lipinski definition) is 7. The van der Waals surface area contributed by atoms with Crippen molar-refractivity contribution >= 4 is 22.4 Å². The number of ether oxygens (including phenoxy) is 1. The van der Waals surface area contributed by atoms with E-state index >= 15 is 0 Å². The van der Waals surface area contributed by atoms with Crippen molar-refractivity contribution in [3.8, 4) is 0 Å². The van der Waals surface area contributed by atoms with E-state index in [2.05, 4.69) is 20.1 Å². The third kappa shape index (κ3) is 3.36. The molecule has 132 valence electrons. The Morgan fingerprint density at radius 1 is 1.32 bits per heavy atom. The Kier molecular flexibility index (Phi) is 4.39. The molecule has 2 saturated heterocycles. The molecule has 0 N–H and O–H groups in total. The SMILES string of the molecule is Cc1ccc(C(=O)N2CCOC3(CCCN(c4nncs4)C3)C2)cn1. The van der Waals surface area contributed by atoms with Crippen molar-refractivity contribution in [2.75, 3.05) is 37.7 Å². The third-order valence-corrected chi connectivity index (χ3v) is 5.60. The summed E-state index contributed by atoms with van der Waals surface area (Å²) < 4.78 is 6.18. The van der Waals surface area contributed by atoms with Crippen molar-refractivity contribution < 1.29 is 9.53 Å². The topological polar surface area (TPSA) is 71.5 Å². The monoisotopic (exact) mass is 359 g/mol. The number of piperidine rings is 1. The summed E-state index contributed by atoms with van der Waals surface area (Å²) in [5, 5.41) is 9.04. The van der Waals surface area contributed by atoms with Crippen LogP contribution in [0.15, 0.2) is 23.8 Å². The zero-order valence-electron chi connectivity index (χ0n) is 14.2. The number of amides is 1. The van der Waals surface area contributed by atoms with Crippen LogP contribution < -0.4 is 4.90 Å². The first-order valence-corrected chi connectivity index (χ1v) is 9.40. The fourth-order valence-electron chi connectivity index (χ4n) is 3.61. The fraction of sp³-hybridized carbons (Fsp3) is 0.529. The molecule has 8 heteroatoms. The molecule has 7 nitrogen and oxygen atoms in total. The minimum atomic E-state index is -0.323. The summed E-state index contributed by atoms with van der Waals surface area (Å²) >= 11 is 1.54. The standard InChI is InChI=1S/C17H21N5O2S/c1-13-3-4-14(9-18-13)15(23)21-7-8-24-17(10-21)5-2-6-22(11-17)16-20-19-12-25-16/h3-4,9,12H,2,5-8,10-11H2,1H3. The summed E-state index contributed by atoms with van der Waals surface area (Å²) in [7, 11) is 0. The zero-order valence-corrected chi connectivity index (χ0v) is 15.0. The summed E-state index contributed by atoms with van der Waals surface area (Å²) in [6.07, 6.45) is 3.64. The van der Waals surface area contributed by atoms with Gasteiger partial charge in [-0.3, -0.25) is 9.78 Å². The lowest BCUT2D eigenvalue weighted by Gasteiger charge is -2.47. The van der Waals surface area contributed by atoms with Crippen LogP contribution in [-0.4, -0.2) is 64.4 Å². The molecule has 2 aromatic heterocycles. The number of anilines is 1. The maximum Gasteiger partial charge on any atom is 0.255 e. The van der Waals surface area contributed by atoms with Crippen LogP contribution in [-0.2, 0) is 4.74 Å². The van der Waals surface area contributed by atoms with E-state index < -0.39 is 0 Å². The van der Waals surface area contributed by atoms with Crippen LogP contribution >= 0.6 is 11.3 Å². The predicted molar refractivity (Wildman–Crippen MR) is 94.9 cm³/mol. The molecule has 2 aromatic rings. The van der Waals surface area contributed by atoms with E-state index in [1.165, 1.54) is 0 Å². The van der Waals surface area contributed by atoms with E-state index in [0.29, 0.717) is 25.3 Å². The van der Waals surface area contributed by atoms with Gasteiger partial charge in [-0.05, 0) is 31.9 Å². The zero-order chi connectivity index (χ0) is 17.3. The lowest BCUT2D eigenvalue weighted by molar-refractivity contribution is -0.105. The van der Waals surface area contributed by atoms with Gasteiger partial charge in [0.25, 0.3) is 5.91 Å². The highest BCUT2D eigenvalue weighted by molar-refractivity contribution is 7.13. The minimum absolute atomic E-state index is 0.0308. The van der Waals surface area contributed by atoms with Gasteiger partial charge >= 0.3 is 0 Å². The van der Waals surface area contributed by atoms with Crippen molar-refractivity contribution in [2.45, 2.75) is 25.4 Å². The summed E-state index contributed by atoms with van der Waals surface area (Å²) in [6, 6.07) is 3.72. The Labute approximate surface area is 150 Å². The van der Waals surface area contributed by atoms with Crippen LogP contribution in [0.4, 0.5) is 5.13 Å². The molecule has 2 aliphatic rings. The van der Waals surface area contributed by atoms with Crippen molar-refractivity contribution in [2.24, 2.45) is 0 Å². The number of aryl methyl sites for hydroxylation is 1. The van der Waals surface area contributed by atoms with Gasteiger partial charge in [0.15, 0.2) is 0 Å². The molecule has 4 heterocycles. The molecule has 2 fully saturated rings. The highest BCUT2D eigenvalue weighted by atomic mass is 32.1. The normalized spacial score (nSPS) is 23.9. The Hall–Kier alpha value is -2.06. The van der Waals surface area contributed by atoms with Gasteiger partial charge < -0.3 is 14.5 Å². The molecule has 25 heavy (non-hydrogen) atoms. The first-order chi connectivity index (χ1) is 12.2. The first kappa shape index (κ1) is 16.4. The van der Waals surface area contributed by atoms with Gasteiger partial charge in [-0.15, -0.1) is 10.2 Å². The average Bonchev–Trinajstić information content (AvgIpc) is 3.17. The van der Waals surface area contributed by atoms with Crippen LogP contribution in [0.2, 0.25) is 0 Å². The van der Waals surface area contributed by atoms with Crippen LogP contribution in [0.25, 0.3) is 0 Å². The fourth-order valence-corrected chi connectivity index (χ4v) is 4.20.